The molecule has 1 amide bonds. The zero-order valence-electron chi connectivity index (χ0n) is 17.6. The maximum Gasteiger partial charge on any atom is 0.232 e. The minimum absolute atomic E-state index is 0.184. The van der Waals surface area contributed by atoms with Gasteiger partial charge in [0, 0.05) is 37.8 Å². The SMILES string of the molecule is CN1CCC(C(=O)Nc2cc(-c3nnc4n3CCCCC4)ccc2F)c2ccccc21. The molecule has 1 atom stereocenters. The maximum atomic E-state index is 14.6. The molecule has 0 aliphatic carbocycles. The van der Waals surface area contributed by atoms with Crippen molar-refractivity contribution in [1.29, 1.82) is 0 Å². The van der Waals surface area contributed by atoms with Crippen LogP contribution in [0.25, 0.3) is 11.4 Å². The fourth-order valence-electron chi connectivity index (χ4n) is 4.68. The van der Waals surface area contributed by atoms with Gasteiger partial charge in [-0.3, -0.25) is 4.79 Å². The molecule has 0 spiro atoms. The number of para-hydroxylation sites is 1. The number of aromatic nitrogens is 3. The largest absolute Gasteiger partial charge is 0.374 e. The van der Waals surface area contributed by atoms with E-state index in [4.69, 9.17) is 0 Å². The van der Waals surface area contributed by atoms with Gasteiger partial charge in [-0.15, -0.1) is 10.2 Å². The van der Waals surface area contributed by atoms with E-state index >= 15 is 0 Å². The number of halogens is 1. The number of anilines is 2. The quantitative estimate of drug-likeness (QED) is 0.685. The number of amides is 1. The third-order valence-electron chi connectivity index (χ3n) is 6.39. The maximum absolute atomic E-state index is 14.6. The van der Waals surface area contributed by atoms with Crippen LogP contribution in [0.3, 0.4) is 0 Å². The van der Waals surface area contributed by atoms with E-state index in [1.165, 1.54) is 12.5 Å². The molecule has 2 aromatic carbocycles. The van der Waals surface area contributed by atoms with E-state index in [2.05, 4.69) is 25.0 Å². The molecule has 0 radical (unpaired) electrons. The minimum Gasteiger partial charge on any atom is -0.374 e. The van der Waals surface area contributed by atoms with Gasteiger partial charge in [0.05, 0.1) is 11.6 Å². The number of nitrogens with zero attached hydrogens (tertiary/aromatic N) is 4. The van der Waals surface area contributed by atoms with Crippen LogP contribution < -0.4 is 10.2 Å². The van der Waals surface area contributed by atoms with Gasteiger partial charge < -0.3 is 14.8 Å². The van der Waals surface area contributed by atoms with Gasteiger partial charge in [-0.05, 0) is 49.1 Å². The van der Waals surface area contributed by atoms with Crippen molar-refractivity contribution >= 4 is 17.3 Å². The number of benzene rings is 2. The molecule has 31 heavy (non-hydrogen) atoms. The van der Waals surface area contributed by atoms with E-state index in [9.17, 15) is 9.18 Å². The molecule has 1 unspecified atom stereocenters. The van der Waals surface area contributed by atoms with Crippen molar-refractivity contribution in [3.63, 3.8) is 0 Å². The smallest absolute Gasteiger partial charge is 0.232 e. The molecule has 3 aromatic rings. The summed E-state index contributed by atoms with van der Waals surface area (Å²) in [5, 5.41) is 11.5. The third-order valence-corrected chi connectivity index (χ3v) is 6.39. The summed E-state index contributed by atoms with van der Waals surface area (Å²) in [6.07, 6.45) is 4.97. The van der Waals surface area contributed by atoms with Crippen LogP contribution in [0.15, 0.2) is 42.5 Å². The molecule has 5 rings (SSSR count). The summed E-state index contributed by atoms with van der Waals surface area (Å²) < 4.78 is 16.8. The Morgan fingerprint density at radius 1 is 1.10 bits per heavy atom. The second-order valence-electron chi connectivity index (χ2n) is 8.41. The summed E-state index contributed by atoms with van der Waals surface area (Å²) in [5.74, 6) is 0.771. The Hall–Kier alpha value is -3.22. The van der Waals surface area contributed by atoms with Crippen LogP contribution in [0.5, 0.6) is 0 Å². The summed E-state index contributed by atoms with van der Waals surface area (Å²) in [7, 11) is 2.03. The highest BCUT2D eigenvalue weighted by atomic mass is 19.1. The lowest BCUT2D eigenvalue weighted by molar-refractivity contribution is -0.117. The zero-order chi connectivity index (χ0) is 21.4. The second kappa shape index (κ2) is 8.13. The number of rotatable bonds is 3. The van der Waals surface area contributed by atoms with Crippen molar-refractivity contribution in [1.82, 2.24) is 14.8 Å². The molecule has 0 saturated heterocycles. The number of hydrogen-bond donors (Lipinski definition) is 1. The monoisotopic (exact) mass is 419 g/mol. The van der Waals surface area contributed by atoms with Gasteiger partial charge in [0.1, 0.15) is 11.6 Å². The van der Waals surface area contributed by atoms with Gasteiger partial charge in [0.2, 0.25) is 5.91 Å². The Labute approximate surface area is 181 Å². The molecule has 160 valence electrons. The van der Waals surface area contributed by atoms with E-state index < -0.39 is 5.82 Å². The number of aryl methyl sites for hydroxylation is 1. The van der Waals surface area contributed by atoms with Crippen molar-refractivity contribution in [3.8, 4) is 11.4 Å². The third kappa shape index (κ3) is 3.69. The van der Waals surface area contributed by atoms with Crippen molar-refractivity contribution in [2.75, 3.05) is 23.8 Å². The van der Waals surface area contributed by atoms with E-state index in [1.54, 1.807) is 12.1 Å². The molecule has 1 N–H and O–H groups in total. The van der Waals surface area contributed by atoms with Gasteiger partial charge >= 0.3 is 0 Å². The van der Waals surface area contributed by atoms with Gasteiger partial charge in [-0.1, -0.05) is 24.6 Å². The van der Waals surface area contributed by atoms with Crippen molar-refractivity contribution in [2.45, 2.75) is 44.6 Å². The predicted molar refractivity (Wildman–Crippen MR) is 119 cm³/mol. The summed E-state index contributed by atoms with van der Waals surface area (Å²) in [6, 6.07) is 12.7. The number of hydrogen-bond acceptors (Lipinski definition) is 4. The summed E-state index contributed by atoms with van der Waals surface area (Å²) in [4.78, 5) is 15.3. The van der Waals surface area contributed by atoms with Crippen molar-refractivity contribution < 1.29 is 9.18 Å². The van der Waals surface area contributed by atoms with Crippen LogP contribution >= 0.6 is 0 Å². The first-order chi connectivity index (χ1) is 15.1. The molecule has 2 aliphatic rings. The lowest BCUT2D eigenvalue weighted by atomic mass is 9.89. The van der Waals surface area contributed by atoms with Crippen molar-refractivity contribution in [2.24, 2.45) is 0 Å². The standard InChI is InChI=1S/C24H26FN5O/c1-29-14-12-18(17-7-4-5-8-21(17)29)24(31)26-20-15-16(10-11-19(20)25)23-28-27-22-9-3-2-6-13-30(22)23/h4-5,7-8,10-11,15,18H,2-3,6,9,12-14H2,1H3,(H,26,31). The van der Waals surface area contributed by atoms with E-state index in [0.29, 0.717) is 6.42 Å². The molecule has 3 heterocycles. The van der Waals surface area contributed by atoms with Crippen LogP contribution in [-0.4, -0.2) is 34.3 Å². The molecule has 0 bridgehead atoms. The molecule has 2 aliphatic heterocycles. The normalized spacial score (nSPS) is 18.1. The summed E-state index contributed by atoms with van der Waals surface area (Å²) >= 11 is 0. The van der Waals surface area contributed by atoms with Gasteiger partial charge in [-0.25, -0.2) is 4.39 Å². The minimum atomic E-state index is -0.450. The predicted octanol–water partition coefficient (Wildman–Crippen LogP) is 4.37. The molecule has 6 nitrogen and oxygen atoms in total. The number of fused-ring (bicyclic) bond motifs is 2. The van der Waals surface area contributed by atoms with Gasteiger partial charge in [0.25, 0.3) is 0 Å². The average Bonchev–Trinajstić information content (AvgIpc) is 3.03. The van der Waals surface area contributed by atoms with E-state index in [0.717, 1.165) is 60.8 Å². The Kier molecular flexibility index (Phi) is 5.18. The van der Waals surface area contributed by atoms with Crippen LogP contribution in [0.1, 0.15) is 43.0 Å². The molecule has 0 saturated carbocycles. The summed E-state index contributed by atoms with van der Waals surface area (Å²) in [6.45, 7) is 1.65. The Bertz CT molecular complexity index is 1120. The lowest BCUT2D eigenvalue weighted by Crippen LogP contribution is -2.32. The Morgan fingerprint density at radius 2 is 1.97 bits per heavy atom. The molecule has 0 fully saturated rings. The van der Waals surface area contributed by atoms with E-state index in [1.807, 2.05) is 31.3 Å². The Balaban J connectivity index is 1.43. The fourth-order valence-corrected chi connectivity index (χ4v) is 4.68. The van der Waals surface area contributed by atoms with Crippen LogP contribution in [-0.2, 0) is 17.8 Å². The number of carbonyl (C=O) groups excluding carboxylic acids is 1. The highest BCUT2D eigenvalue weighted by Crippen LogP contribution is 2.35. The number of nitrogens with one attached hydrogen (secondary N) is 1. The highest BCUT2D eigenvalue weighted by Gasteiger charge is 2.29. The van der Waals surface area contributed by atoms with Crippen molar-refractivity contribution in [3.05, 3.63) is 59.7 Å². The molecular weight excluding hydrogens is 393 g/mol. The molecular formula is C24H26FN5O. The average molecular weight is 420 g/mol. The van der Waals surface area contributed by atoms with Crippen LogP contribution in [0.4, 0.5) is 15.8 Å². The molecule has 7 heteroatoms. The molecule has 1 aromatic heterocycles. The topological polar surface area (TPSA) is 63.1 Å². The highest BCUT2D eigenvalue weighted by molar-refractivity contribution is 5.97. The number of carbonyl (C=O) groups is 1. The second-order valence-corrected chi connectivity index (χ2v) is 8.41. The van der Waals surface area contributed by atoms with Gasteiger partial charge in [-0.2, -0.15) is 0 Å². The summed E-state index contributed by atoms with van der Waals surface area (Å²) in [5.41, 5.74) is 2.98. The first-order valence-electron chi connectivity index (χ1n) is 10.9. The van der Waals surface area contributed by atoms with Gasteiger partial charge in [0.15, 0.2) is 5.82 Å². The fraction of sp³-hybridized carbons (Fsp3) is 0.375. The first kappa shape index (κ1) is 19.7. The van der Waals surface area contributed by atoms with Crippen LogP contribution in [0, 0.1) is 5.82 Å². The van der Waals surface area contributed by atoms with E-state index in [-0.39, 0.29) is 17.5 Å². The Morgan fingerprint density at radius 3 is 2.87 bits per heavy atom. The zero-order valence-corrected chi connectivity index (χ0v) is 17.6. The lowest BCUT2D eigenvalue weighted by Gasteiger charge is -2.32. The first-order valence-corrected chi connectivity index (χ1v) is 10.9. The van der Waals surface area contributed by atoms with Crippen LogP contribution in [0.2, 0.25) is 0 Å².